The monoisotopic (exact) mass is 264 g/mol. The molecule has 1 rings (SSSR count). The van der Waals surface area contributed by atoms with Crippen LogP contribution >= 0.6 is 0 Å². The molecule has 106 valence electrons. The van der Waals surface area contributed by atoms with Crippen molar-refractivity contribution >= 4 is 11.7 Å². The van der Waals surface area contributed by atoms with Gasteiger partial charge in [-0.2, -0.15) is 0 Å². The summed E-state index contributed by atoms with van der Waals surface area (Å²) in [6.45, 7) is 8.95. The second-order valence-electron chi connectivity index (χ2n) is 4.54. The van der Waals surface area contributed by atoms with E-state index in [0.29, 0.717) is 6.54 Å². The third-order valence-corrected chi connectivity index (χ3v) is 2.86. The summed E-state index contributed by atoms with van der Waals surface area (Å²) in [6.07, 6.45) is -0.0794. The van der Waals surface area contributed by atoms with Gasteiger partial charge in [-0.15, -0.1) is 0 Å². The van der Waals surface area contributed by atoms with E-state index in [-0.39, 0.29) is 12.1 Å². The largest absolute Gasteiger partial charge is 0.462 e. The number of esters is 1. The van der Waals surface area contributed by atoms with Crippen molar-refractivity contribution < 1.29 is 9.53 Å². The fraction of sp³-hybridized carbons (Fsp3) is 0.533. The van der Waals surface area contributed by atoms with Gasteiger partial charge >= 0.3 is 5.97 Å². The van der Waals surface area contributed by atoms with Crippen LogP contribution in [-0.4, -0.2) is 38.3 Å². The second kappa shape index (κ2) is 8.53. The number of hydrogen-bond donors (Lipinski definition) is 1. The molecule has 0 aliphatic rings. The average Bonchev–Trinajstić information content (AvgIpc) is 2.39. The molecular weight excluding hydrogens is 240 g/mol. The predicted octanol–water partition coefficient (Wildman–Crippen LogP) is 2.05. The molecule has 1 aromatic carbocycles. The van der Waals surface area contributed by atoms with Crippen LogP contribution in [0.5, 0.6) is 0 Å². The van der Waals surface area contributed by atoms with Crippen molar-refractivity contribution in [1.82, 2.24) is 5.32 Å². The Labute approximate surface area is 115 Å². The lowest BCUT2D eigenvalue weighted by Crippen LogP contribution is -2.35. The Morgan fingerprint density at radius 2 is 2.05 bits per heavy atom. The van der Waals surface area contributed by atoms with Gasteiger partial charge in [0.05, 0.1) is 0 Å². The highest BCUT2D eigenvalue weighted by atomic mass is 16.5. The average molecular weight is 264 g/mol. The number of carbonyl (C=O) groups excluding carboxylic acids is 1. The molecule has 1 N–H and O–H groups in total. The molecule has 19 heavy (non-hydrogen) atoms. The Morgan fingerprint density at radius 3 is 2.63 bits per heavy atom. The molecule has 0 saturated heterocycles. The molecule has 0 saturated carbocycles. The Balaban J connectivity index is 2.26. The van der Waals surface area contributed by atoms with Crippen LogP contribution in [0.3, 0.4) is 0 Å². The number of nitrogens with zero attached hydrogens (tertiary/aromatic N) is 1. The van der Waals surface area contributed by atoms with Crippen molar-refractivity contribution in [2.45, 2.75) is 26.9 Å². The molecule has 0 aliphatic heterocycles. The zero-order chi connectivity index (χ0) is 14.1. The van der Waals surface area contributed by atoms with Crippen LogP contribution in [0.25, 0.3) is 0 Å². The fourth-order valence-electron chi connectivity index (χ4n) is 1.95. The molecule has 0 spiro atoms. The first-order valence-electron chi connectivity index (χ1n) is 6.81. The molecule has 0 heterocycles. The third-order valence-electron chi connectivity index (χ3n) is 2.86. The van der Waals surface area contributed by atoms with Crippen LogP contribution in [0.15, 0.2) is 30.3 Å². The summed E-state index contributed by atoms with van der Waals surface area (Å²) in [5.41, 5.74) is 1.24. The van der Waals surface area contributed by atoms with Crippen LogP contribution in [0.1, 0.15) is 20.8 Å². The quantitative estimate of drug-likeness (QED) is 0.576. The lowest BCUT2D eigenvalue weighted by atomic mass is 10.3. The van der Waals surface area contributed by atoms with E-state index in [9.17, 15) is 4.79 Å². The van der Waals surface area contributed by atoms with Gasteiger partial charge in [0, 0.05) is 38.8 Å². The first-order valence-corrected chi connectivity index (χ1v) is 6.81. The lowest BCUT2D eigenvalue weighted by Gasteiger charge is -2.23. The van der Waals surface area contributed by atoms with E-state index in [0.717, 1.165) is 19.6 Å². The van der Waals surface area contributed by atoms with Crippen molar-refractivity contribution in [1.29, 1.82) is 0 Å². The maximum Gasteiger partial charge on any atom is 0.302 e. The van der Waals surface area contributed by atoms with Crippen molar-refractivity contribution in [2.75, 3.05) is 31.1 Å². The van der Waals surface area contributed by atoms with Crippen LogP contribution in [0.4, 0.5) is 5.69 Å². The Morgan fingerprint density at radius 1 is 1.37 bits per heavy atom. The molecule has 4 nitrogen and oxygen atoms in total. The lowest BCUT2D eigenvalue weighted by molar-refractivity contribution is -0.145. The maximum atomic E-state index is 10.8. The zero-order valence-corrected chi connectivity index (χ0v) is 12.1. The van der Waals surface area contributed by atoms with Crippen molar-refractivity contribution in [3.8, 4) is 0 Å². The van der Waals surface area contributed by atoms with Gasteiger partial charge in [0.25, 0.3) is 0 Å². The number of para-hydroxylation sites is 1. The van der Waals surface area contributed by atoms with E-state index in [2.05, 4.69) is 29.3 Å². The van der Waals surface area contributed by atoms with E-state index < -0.39 is 0 Å². The standard InChI is InChI=1S/C15H24N2O2/c1-4-17(15-8-6-5-7-9-15)11-10-16-12-13(2)19-14(3)18/h5-9,13,16H,4,10-12H2,1-3H3. The summed E-state index contributed by atoms with van der Waals surface area (Å²) in [5.74, 6) is -0.228. The minimum atomic E-state index is -0.228. The van der Waals surface area contributed by atoms with Crippen molar-refractivity contribution in [2.24, 2.45) is 0 Å². The minimum Gasteiger partial charge on any atom is -0.462 e. The number of hydrogen-bond acceptors (Lipinski definition) is 4. The topological polar surface area (TPSA) is 41.6 Å². The summed E-state index contributed by atoms with van der Waals surface area (Å²) >= 11 is 0. The van der Waals surface area contributed by atoms with E-state index in [1.807, 2.05) is 25.1 Å². The molecule has 0 radical (unpaired) electrons. The summed E-state index contributed by atoms with van der Waals surface area (Å²) < 4.78 is 5.05. The molecule has 1 atom stereocenters. The fourth-order valence-corrected chi connectivity index (χ4v) is 1.95. The molecule has 0 aromatic heterocycles. The number of rotatable bonds is 8. The van der Waals surface area contributed by atoms with Gasteiger partial charge < -0.3 is 15.0 Å². The number of benzene rings is 1. The Bertz CT molecular complexity index is 368. The maximum absolute atomic E-state index is 10.8. The van der Waals surface area contributed by atoms with Crippen LogP contribution in [0, 0.1) is 0 Å². The summed E-state index contributed by atoms with van der Waals surface area (Å²) in [7, 11) is 0. The van der Waals surface area contributed by atoms with Crippen LogP contribution in [-0.2, 0) is 9.53 Å². The van der Waals surface area contributed by atoms with E-state index in [1.165, 1.54) is 12.6 Å². The van der Waals surface area contributed by atoms with Crippen molar-refractivity contribution in [3.05, 3.63) is 30.3 Å². The molecule has 0 fully saturated rings. The number of likely N-dealkylation sites (N-methyl/N-ethyl adjacent to an activating group) is 1. The molecular formula is C15H24N2O2. The number of ether oxygens (including phenoxy) is 1. The van der Waals surface area contributed by atoms with Crippen LogP contribution < -0.4 is 10.2 Å². The van der Waals surface area contributed by atoms with E-state index in [1.54, 1.807) is 0 Å². The smallest absolute Gasteiger partial charge is 0.302 e. The van der Waals surface area contributed by atoms with Gasteiger partial charge in [-0.1, -0.05) is 18.2 Å². The summed E-state index contributed by atoms with van der Waals surface area (Å²) in [5, 5.41) is 3.31. The Kier molecular flexibility index (Phi) is 6.97. The number of anilines is 1. The van der Waals surface area contributed by atoms with Crippen molar-refractivity contribution in [3.63, 3.8) is 0 Å². The van der Waals surface area contributed by atoms with Gasteiger partial charge in [0.15, 0.2) is 0 Å². The van der Waals surface area contributed by atoms with Gasteiger partial charge in [-0.3, -0.25) is 4.79 Å². The molecule has 0 amide bonds. The highest BCUT2D eigenvalue weighted by molar-refractivity contribution is 5.66. The number of carbonyl (C=O) groups is 1. The van der Waals surface area contributed by atoms with Crippen LogP contribution in [0.2, 0.25) is 0 Å². The number of nitrogens with one attached hydrogen (secondary N) is 1. The third kappa shape index (κ3) is 6.25. The minimum absolute atomic E-state index is 0.0794. The molecule has 4 heteroatoms. The first-order chi connectivity index (χ1) is 9.13. The molecule has 0 bridgehead atoms. The zero-order valence-electron chi connectivity index (χ0n) is 12.1. The second-order valence-corrected chi connectivity index (χ2v) is 4.54. The van der Waals surface area contributed by atoms with E-state index >= 15 is 0 Å². The Hall–Kier alpha value is -1.55. The summed E-state index contributed by atoms with van der Waals surface area (Å²) in [6, 6.07) is 10.4. The first kappa shape index (κ1) is 15.5. The molecule has 1 aromatic rings. The predicted molar refractivity (Wildman–Crippen MR) is 78.4 cm³/mol. The van der Waals surface area contributed by atoms with E-state index in [4.69, 9.17) is 4.74 Å². The summed E-state index contributed by atoms with van der Waals surface area (Å²) in [4.78, 5) is 13.1. The van der Waals surface area contributed by atoms with Gasteiger partial charge in [-0.05, 0) is 26.0 Å². The molecule has 0 aliphatic carbocycles. The van der Waals surface area contributed by atoms with Gasteiger partial charge in [-0.25, -0.2) is 0 Å². The van der Waals surface area contributed by atoms with Gasteiger partial charge in [0.1, 0.15) is 6.10 Å². The normalized spacial score (nSPS) is 11.9. The van der Waals surface area contributed by atoms with Gasteiger partial charge in [0.2, 0.25) is 0 Å². The highest BCUT2D eigenvalue weighted by Gasteiger charge is 2.06. The highest BCUT2D eigenvalue weighted by Crippen LogP contribution is 2.11. The molecule has 1 unspecified atom stereocenters. The SMILES string of the molecule is CCN(CCNCC(C)OC(C)=O)c1ccccc1.